The topological polar surface area (TPSA) is 101 Å². The number of aliphatic hydroxyl groups excluding tert-OH is 1. The maximum absolute atomic E-state index is 13.0. The van der Waals surface area contributed by atoms with Crippen molar-refractivity contribution in [1.82, 2.24) is 9.88 Å². The number of Topliss-reactive ketones (excluding diaryl/α,β-unsaturated/α-hetero) is 1. The SMILES string of the molecule is COc1cccc(C(O)=C2C(=O)C(=O)N(CCC[n+]3cc[nH]c3)C2c2cccc[nH+]2)c1. The summed E-state index contributed by atoms with van der Waals surface area (Å²) in [6, 6.07) is 11.5. The molecule has 1 aliphatic rings. The number of hydrogen-bond acceptors (Lipinski definition) is 4. The molecule has 0 bridgehead atoms. The van der Waals surface area contributed by atoms with Gasteiger partial charge in [0.15, 0.2) is 6.20 Å². The Bertz CT molecular complexity index is 1110. The van der Waals surface area contributed by atoms with Crippen LogP contribution in [0.1, 0.15) is 23.7 Å². The fraction of sp³-hybridized carbons (Fsp3) is 0.217. The minimum absolute atomic E-state index is 0.0648. The van der Waals surface area contributed by atoms with Gasteiger partial charge in [-0.2, -0.15) is 0 Å². The fourth-order valence-electron chi connectivity index (χ4n) is 3.82. The number of aromatic nitrogens is 3. The zero-order chi connectivity index (χ0) is 21.8. The van der Waals surface area contributed by atoms with Crippen LogP contribution in [0.3, 0.4) is 0 Å². The average molecular weight is 420 g/mol. The summed E-state index contributed by atoms with van der Waals surface area (Å²) in [4.78, 5) is 33.5. The van der Waals surface area contributed by atoms with E-state index in [0.29, 0.717) is 36.5 Å². The van der Waals surface area contributed by atoms with Crippen LogP contribution in [0.5, 0.6) is 5.75 Å². The van der Waals surface area contributed by atoms with Crippen molar-refractivity contribution in [2.45, 2.75) is 19.0 Å². The second-order valence-corrected chi connectivity index (χ2v) is 7.25. The molecule has 8 heteroatoms. The van der Waals surface area contributed by atoms with E-state index in [2.05, 4.69) is 9.97 Å². The van der Waals surface area contributed by atoms with Gasteiger partial charge in [0.25, 0.3) is 11.7 Å². The van der Waals surface area contributed by atoms with Crippen molar-refractivity contribution in [3.8, 4) is 5.75 Å². The molecule has 158 valence electrons. The zero-order valence-electron chi connectivity index (χ0n) is 17.1. The number of aromatic amines is 2. The van der Waals surface area contributed by atoms with Gasteiger partial charge in [0.2, 0.25) is 12.0 Å². The van der Waals surface area contributed by atoms with Crippen molar-refractivity contribution in [3.05, 3.63) is 84.2 Å². The van der Waals surface area contributed by atoms with Crippen LogP contribution in [0.2, 0.25) is 0 Å². The van der Waals surface area contributed by atoms with E-state index >= 15 is 0 Å². The number of methoxy groups -OCH3 is 1. The quantitative estimate of drug-likeness (QED) is 0.263. The van der Waals surface area contributed by atoms with Crippen LogP contribution in [0.4, 0.5) is 0 Å². The number of amides is 1. The van der Waals surface area contributed by atoms with Crippen molar-refractivity contribution < 1.29 is 29.0 Å². The lowest BCUT2D eigenvalue weighted by atomic mass is 9.98. The molecule has 1 saturated heterocycles. The van der Waals surface area contributed by atoms with Gasteiger partial charge in [0.05, 0.1) is 19.2 Å². The summed E-state index contributed by atoms with van der Waals surface area (Å²) in [6.07, 6.45) is 7.94. The van der Waals surface area contributed by atoms with Gasteiger partial charge < -0.3 is 14.7 Å². The number of rotatable bonds is 7. The standard InChI is InChI=1S/C23H22N4O4/c1-31-17-7-4-6-16(14-17)21(28)19-20(18-8-2-3-9-25-18)27(23(30)22(19)29)12-5-11-26-13-10-24-15-26/h2-4,6-10,13-15,20H,5,11-12H2,1H3,(H,28,29)/p+2. The Morgan fingerprint density at radius 2 is 2.13 bits per heavy atom. The first-order valence-corrected chi connectivity index (χ1v) is 10.0. The zero-order valence-corrected chi connectivity index (χ0v) is 17.1. The largest absolute Gasteiger partial charge is 0.507 e. The van der Waals surface area contributed by atoms with Crippen LogP contribution >= 0.6 is 0 Å². The number of imidazole rings is 1. The first kappa shape index (κ1) is 20.3. The lowest BCUT2D eigenvalue weighted by Gasteiger charge is -2.21. The molecule has 3 heterocycles. The van der Waals surface area contributed by atoms with E-state index in [1.165, 1.54) is 12.0 Å². The number of carbonyl (C=O) groups excluding carboxylic acids is 2. The van der Waals surface area contributed by atoms with Crippen molar-refractivity contribution in [2.24, 2.45) is 0 Å². The number of carbonyl (C=O) groups is 2. The molecule has 1 fully saturated rings. The molecule has 8 nitrogen and oxygen atoms in total. The number of aryl methyl sites for hydroxylation is 1. The molecular formula is C23H24N4O4+2. The van der Waals surface area contributed by atoms with Gasteiger partial charge in [-0.3, -0.25) is 14.6 Å². The number of pyridine rings is 1. The van der Waals surface area contributed by atoms with E-state index in [-0.39, 0.29) is 11.3 Å². The number of hydrogen-bond donors (Lipinski definition) is 2. The van der Waals surface area contributed by atoms with Crippen LogP contribution in [-0.2, 0) is 16.1 Å². The van der Waals surface area contributed by atoms with Crippen LogP contribution in [-0.4, -0.2) is 40.3 Å². The fourth-order valence-corrected chi connectivity index (χ4v) is 3.82. The van der Waals surface area contributed by atoms with E-state index < -0.39 is 17.7 Å². The minimum Gasteiger partial charge on any atom is -0.507 e. The molecule has 0 saturated carbocycles. The van der Waals surface area contributed by atoms with E-state index in [9.17, 15) is 14.7 Å². The number of nitrogens with zero attached hydrogens (tertiary/aromatic N) is 2. The van der Waals surface area contributed by atoms with Gasteiger partial charge in [-0.1, -0.05) is 18.2 Å². The maximum atomic E-state index is 13.0. The second-order valence-electron chi connectivity index (χ2n) is 7.25. The summed E-state index contributed by atoms with van der Waals surface area (Å²) in [7, 11) is 1.53. The Balaban J connectivity index is 1.72. The van der Waals surface area contributed by atoms with Crippen molar-refractivity contribution in [1.29, 1.82) is 0 Å². The third kappa shape index (κ3) is 4.05. The predicted molar refractivity (Wildman–Crippen MR) is 111 cm³/mol. The first-order chi connectivity index (χ1) is 15.1. The van der Waals surface area contributed by atoms with Crippen LogP contribution < -0.4 is 14.3 Å². The molecule has 1 unspecified atom stereocenters. The summed E-state index contributed by atoms with van der Waals surface area (Å²) in [6.45, 7) is 1.05. The van der Waals surface area contributed by atoms with Crippen LogP contribution in [0.25, 0.3) is 5.76 Å². The molecule has 0 aliphatic carbocycles. The van der Waals surface area contributed by atoms with Gasteiger partial charge in [0.1, 0.15) is 29.9 Å². The highest BCUT2D eigenvalue weighted by atomic mass is 16.5. The van der Waals surface area contributed by atoms with Crippen molar-refractivity contribution in [2.75, 3.05) is 13.7 Å². The van der Waals surface area contributed by atoms with Gasteiger partial charge >= 0.3 is 0 Å². The molecule has 31 heavy (non-hydrogen) atoms. The second kappa shape index (κ2) is 8.83. The molecule has 3 aromatic rings. The summed E-state index contributed by atoms with van der Waals surface area (Å²) >= 11 is 0. The lowest BCUT2D eigenvalue weighted by Crippen LogP contribution is -2.37. The van der Waals surface area contributed by atoms with Gasteiger partial charge in [-0.05, 0) is 12.1 Å². The summed E-state index contributed by atoms with van der Waals surface area (Å²) in [5.41, 5.74) is 1.14. The van der Waals surface area contributed by atoms with E-state index in [4.69, 9.17) is 4.74 Å². The van der Waals surface area contributed by atoms with Crippen LogP contribution in [0, 0.1) is 0 Å². The van der Waals surface area contributed by atoms with Gasteiger partial charge in [-0.25, -0.2) is 9.55 Å². The molecule has 0 spiro atoms. The van der Waals surface area contributed by atoms with E-state index in [0.717, 1.165) is 0 Å². The van der Waals surface area contributed by atoms with Crippen LogP contribution in [0.15, 0.2) is 73.0 Å². The Morgan fingerprint density at radius 3 is 2.84 bits per heavy atom. The highest BCUT2D eigenvalue weighted by Crippen LogP contribution is 2.38. The highest BCUT2D eigenvalue weighted by Gasteiger charge is 2.48. The molecule has 4 rings (SSSR count). The number of nitrogens with one attached hydrogen (secondary N) is 2. The lowest BCUT2D eigenvalue weighted by molar-refractivity contribution is -0.695. The highest BCUT2D eigenvalue weighted by molar-refractivity contribution is 6.46. The summed E-state index contributed by atoms with van der Waals surface area (Å²) < 4.78 is 7.20. The molecular weight excluding hydrogens is 396 g/mol. The number of aliphatic hydroxyl groups is 1. The average Bonchev–Trinajstić information content (AvgIpc) is 3.41. The maximum Gasteiger partial charge on any atom is 0.295 e. The van der Waals surface area contributed by atoms with E-state index in [1.54, 1.807) is 30.5 Å². The Morgan fingerprint density at radius 1 is 1.26 bits per heavy atom. The predicted octanol–water partition coefficient (Wildman–Crippen LogP) is 1.64. The minimum atomic E-state index is -0.705. The normalized spacial score (nSPS) is 17.8. The monoisotopic (exact) mass is 420 g/mol. The van der Waals surface area contributed by atoms with Gasteiger partial charge in [0, 0.05) is 30.7 Å². The Hall–Kier alpha value is -3.94. The van der Waals surface area contributed by atoms with Crippen molar-refractivity contribution in [3.63, 3.8) is 0 Å². The molecule has 1 aliphatic heterocycles. The number of H-pyrrole nitrogens is 2. The molecule has 0 radical (unpaired) electrons. The summed E-state index contributed by atoms with van der Waals surface area (Å²) in [5, 5.41) is 11.1. The third-order valence-corrected chi connectivity index (χ3v) is 5.33. The number of ether oxygens (including phenoxy) is 1. The summed E-state index contributed by atoms with van der Waals surface area (Å²) in [5.74, 6) is -0.991. The van der Waals surface area contributed by atoms with Crippen molar-refractivity contribution >= 4 is 17.4 Å². The Labute approximate surface area is 179 Å². The number of ketones is 1. The third-order valence-electron chi connectivity index (χ3n) is 5.33. The Kier molecular flexibility index (Phi) is 5.79. The van der Waals surface area contributed by atoms with Gasteiger partial charge in [-0.15, -0.1) is 0 Å². The molecule has 2 aromatic heterocycles. The first-order valence-electron chi connectivity index (χ1n) is 10.0. The molecule has 1 atom stereocenters. The molecule has 1 aromatic carbocycles. The smallest absolute Gasteiger partial charge is 0.295 e. The van der Waals surface area contributed by atoms with E-state index in [1.807, 2.05) is 41.5 Å². The number of benzene rings is 1. The molecule has 1 amide bonds. The molecule has 3 N–H and O–H groups in total. The number of likely N-dealkylation sites (tertiary alicyclic amines) is 1.